The van der Waals surface area contributed by atoms with Crippen LogP contribution in [0.2, 0.25) is 0 Å². The number of thiophene rings is 1. The summed E-state index contributed by atoms with van der Waals surface area (Å²) in [6.07, 6.45) is 3.57. The first-order valence-electron chi connectivity index (χ1n) is 9.52. The number of hydrogen-bond acceptors (Lipinski definition) is 4. The predicted octanol–water partition coefficient (Wildman–Crippen LogP) is 5.16. The van der Waals surface area contributed by atoms with Crippen molar-refractivity contribution in [2.45, 2.75) is 59.5 Å². The van der Waals surface area contributed by atoms with E-state index < -0.39 is 6.10 Å². The van der Waals surface area contributed by atoms with Crippen LogP contribution in [0.5, 0.6) is 5.75 Å². The lowest BCUT2D eigenvalue weighted by molar-refractivity contribution is -0.122. The number of benzene rings is 1. The molecule has 142 valence electrons. The maximum absolute atomic E-state index is 12.7. The number of nitriles is 1. The van der Waals surface area contributed by atoms with Gasteiger partial charge in [-0.1, -0.05) is 31.0 Å². The number of nitrogens with zero attached hydrogens (tertiary/aromatic N) is 1. The highest BCUT2D eigenvalue weighted by Crippen LogP contribution is 2.40. The molecule has 1 aliphatic rings. The van der Waals surface area contributed by atoms with Gasteiger partial charge in [0.1, 0.15) is 16.8 Å². The van der Waals surface area contributed by atoms with Crippen LogP contribution in [-0.4, -0.2) is 12.0 Å². The molecule has 27 heavy (non-hydrogen) atoms. The molecule has 0 unspecified atom stereocenters. The Morgan fingerprint density at radius 3 is 2.89 bits per heavy atom. The molecule has 1 aromatic carbocycles. The number of nitrogens with one attached hydrogen (secondary N) is 1. The first-order chi connectivity index (χ1) is 12.9. The molecule has 0 bridgehead atoms. The van der Waals surface area contributed by atoms with E-state index in [1.165, 1.54) is 4.88 Å². The van der Waals surface area contributed by atoms with E-state index in [1.807, 2.05) is 32.0 Å². The first kappa shape index (κ1) is 19.4. The van der Waals surface area contributed by atoms with Crippen molar-refractivity contribution in [1.29, 1.82) is 5.26 Å². The molecular formula is C22H26N2O2S. The average Bonchev–Trinajstić information content (AvgIpc) is 2.99. The number of carbonyl (C=O) groups is 1. The summed E-state index contributed by atoms with van der Waals surface area (Å²) in [4.78, 5) is 13.9. The number of carbonyl (C=O) groups excluding carboxylic acids is 1. The number of anilines is 1. The zero-order valence-corrected chi connectivity index (χ0v) is 17.2. The van der Waals surface area contributed by atoms with Crippen molar-refractivity contribution in [1.82, 2.24) is 0 Å². The van der Waals surface area contributed by atoms with Crippen molar-refractivity contribution in [2.75, 3.05) is 5.32 Å². The highest BCUT2D eigenvalue weighted by Gasteiger charge is 2.27. The summed E-state index contributed by atoms with van der Waals surface area (Å²) in [6, 6.07) is 8.20. The SMILES string of the molecule is CC[C@@H]1CCc2c(sc(NC(=O)[C@@H](C)Oc3ccc(C)cc3C)c2C#N)C1. The van der Waals surface area contributed by atoms with Crippen molar-refractivity contribution >= 4 is 22.2 Å². The monoisotopic (exact) mass is 382 g/mol. The van der Waals surface area contributed by atoms with E-state index in [2.05, 4.69) is 18.3 Å². The van der Waals surface area contributed by atoms with Crippen LogP contribution in [0, 0.1) is 31.1 Å². The topological polar surface area (TPSA) is 62.1 Å². The van der Waals surface area contributed by atoms with Gasteiger partial charge in [-0.2, -0.15) is 5.26 Å². The standard InChI is InChI=1S/C22H26N2O2S/c1-5-16-7-8-17-18(12-23)22(27-20(17)11-16)24-21(25)15(4)26-19-9-6-13(2)10-14(19)3/h6,9-10,15-16H,5,7-8,11H2,1-4H3,(H,24,25)/t15-,16-/m1/s1. The summed E-state index contributed by atoms with van der Waals surface area (Å²) in [5.74, 6) is 1.16. The van der Waals surface area contributed by atoms with Gasteiger partial charge in [0.05, 0.1) is 5.56 Å². The van der Waals surface area contributed by atoms with Gasteiger partial charge in [0.15, 0.2) is 6.10 Å². The lowest BCUT2D eigenvalue weighted by Gasteiger charge is -2.20. The molecule has 0 saturated carbocycles. The third kappa shape index (κ3) is 4.17. The van der Waals surface area contributed by atoms with Gasteiger partial charge in [-0.25, -0.2) is 0 Å². The van der Waals surface area contributed by atoms with Crippen LogP contribution in [0.4, 0.5) is 5.00 Å². The summed E-state index contributed by atoms with van der Waals surface area (Å²) in [5, 5.41) is 13.2. The molecule has 1 amide bonds. The molecule has 2 aromatic rings. The quantitative estimate of drug-likeness (QED) is 0.777. The van der Waals surface area contributed by atoms with Crippen LogP contribution in [0.3, 0.4) is 0 Å². The molecule has 1 aromatic heterocycles. The molecule has 0 saturated heterocycles. The number of rotatable bonds is 5. The second kappa shape index (κ2) is 8.14. The molecule has 1 aliphatic carbocycles. The van der Waals surface area contributed by atoms with E-state index in [0.717, 1.165) is 42.4 Å². The normalized spacial score (nSPS) is 16.9. The van der Waals surface area contributed by atoms with E-state index in [9.17, 15) is 10.1 Å². The van der Waals surface area contributed by atoms with Crippen molar-refractivity contribution in [3.63, 3.8) is 0 Å². The first-order valence-corrected chi connectivity index (χ1v) is 10.3. The highest BCUT2D eigenvalue weighted by atomic mass is 32.1. The van der Waals surface area contributed by atoms with Gasteiger partial charge in [0.2, 0.25) is 0 Å². The second-order valence-corrected chi connectivity index (χ2v) is 8.46. The molecule has 1 heterocycles. The highest BCUT2D eigenvalue weighted by molar-refractivity contribution is 7.16. The molecule has 4 nitrogen and oxygen atoms in total. The third-order valence-electron chi connectivity index (χ3n) is 5.30. The number of hydrogen-bond donors (Lipinski definition) is 1. The lowest BCUT2D eigenvalue weighted by Crippen LogP contribution is -2.30. The van der Waals surface area contributed by atoms with E-state index in [1.54, 1.807) is 18.3 Å². The summed E-state index contributed by atoms with van der Waals surface area (Å²) in [5.41, 5.74) is 3.93. The molecule has 0 fully saturated rings. The summed E-state index contributed by atoms with van der Waals surface area (Å²) in [7, 11) is 0. The van der Waals surface area contributed by atoms with Gasteiger partial charge < -0.3 is 10.1 Å². The summed E-state index contributed by atoms with van der Waals surface area (Å²) in [6.45, 7) is 7.95. The third-order valence-corrected chi connectivity index (χ3v) is 6.47. The van der Waals surface area contributed by atoms with Gasteiger partial charge in [-0.15, -0.1) is 11.3 Å². The number of amides is 1. The predicted molar refractivity (Wildman–Crippen MR) is 109 cm³/mol. The molecule has 2 atom stereocenters. The van der Waals surface area contributed by atoms with Crippen LogP contribution < -0.4 is 10.1 Å². The fraction of sp³-hybridized carbons (Fsp3) is 0.455. The van der Waals surface area contributed by atoms with Crippen molar-refractivity contribution in [3.8, 4) is 11.8 Å². The van der Waals surface area contributed by atoms with Crippen molar-refractivity contribution < 1.29 is 9.53 Å². The number of aryl methyl sites for hydroxylation is 2. The average molecular weight is 383 g/mol. The Morgan fingerprint density at radius 2 is 2.22 bits per heavy atom. The van der Waals surface area contributed by atoms with Crippen LogP contribution in [0.25, 0.3) is 0 Å². The molecule has 0 aliphatic heterocycles. The largest absolute Gasteiger partial charge is 0.481 e. The van der Waals surface area contributed by atoms with E-state index >= 15 is 0 Å². The van der Waals surface area contributed by atoms with Crippen molar-refractivity contribution in [3.05, 3.63) is 45.3 Å². The van der Waals surface area contributed by atoms with Gasteiger partial charge in [0, 0.05) is 4.88 Å². The second-order valence-electron chi connectivity index (χ2n) is 7.36. The fourth-order valence-electron chi connectivity index (χ4n) is 3.60. The minimum absolute atomic E-state index is 0.225. The molecule has 0 radical (unpaired) electrons. The zero-order valence-electron chi connectivity index (χ0n) is 16.4. The minimum atomic E-state index is -0.638. The smallest absolute Gasteiger partial charge is 0.265 e. The lowest BCUT2D eigenvalue weighted by atomic mass is 9.86. The number of fused-ring (bicyclic) bond motifs is 1. The minimum Gasteiger partial charge on any atom is -0.481 e. The molecule has 3 rings (SSSR count). The van der Waals surface area contributed by atoms with Crippen LogP contribution in [0.1, 0.15) is 53.8 Å². The van der Waals surface area contributed by atoms with Crippen molar-refractivity contribution in [2.24, 2.45) is 5.92 Å². The molecular weight excluding hydrogens is 356 g/mol. The van der Waals surface area contributed by atoms with Crippen LogP contribution in [-0.2, 0) is 17.6 Å². The summed E-state index contributed by atoms with van der Waals surface area (Å²) < 4.78 is 5.85. The van der Waals surface area contributed by atoms with Crippen LogP contribution >= 0.6 is 11.3 Å². The Bertz CT molecular complexity index is 894. The van der Waals surface area contributed by atoms with E-state index in [4.69, 9.17) is 4.74 Å². The Morgan fingerprint density at radius 1 is 1.44 bits per heavy atom. The van der Waals surface area contributed by atoms with E-state index in [-0.39, 0.29) is 5.91 Å². The maximum atomic E-state index is 12.7. The summed E-state index contributed by atoms with van der Waals surface area (Å²) >= 11 is 1.55. The Hall–Kier alpha value is -2.32. The molecule has 0 spiro atoms. The van der Waals surface area contributed by atoms with Gasteiger partial charge in [0.25, 0.3) is 5.91 Å². The van der Waals surface area contributed by atoms with E-state index in [0.29, 0.717) is 22.2 Å². The van der Waals surface area contributed by atoms with Gasteiger partial charge in [-0.05, 0) is 63.1 Å². The molecule has 5 heteroatoms. The Balaban J connectivity index is 1.74. The maximum Gasteiger partial charge on any atom is 0.265 e. The van der Waals surface area contributed by atoms with Gasteiger partial charge >= 0.3 is 0 Å². The molecule has 1 N–H and O–H groups in total. The fourth-order valence-corrected chi connectivity index (χ4v) is 4.91. The van der Waals surface area contributed by atoms with Crippen LogP contribution in [0.15, 0.2) is 18.2 Å². The Labute approximate surface area is 165 Å². The van der Waals surface area contributed by atoms with Gasteiger partial charge in [-0.3, -0.25) is 4.79 Å². The zero-order chi connectivity index (χ0) is 19.6. The number of ether oxygens (including phenoxy) is 1. The Kier molecular flexibility index (Phi) is 5.86.